The highest BCUT2D eigenvalue weighted by molar-refractivity contribution is 7.89. The van der Waals surface area contributed by atoms with Crippen molar-refractivity contribution in [3.8, 4) is 28.7 Å². The molecule has 3 aromatic carbocycles. The molecule has 0 atom stereocenters. The summed E-state index contributed by atoms with van der Waals surface area (Å²) in [6.45, 7) is 0. The number of phenolic OH excluding ortho intramolecular Hbond substituents is 1. The molecule has 0 heterocycles. The number of carbonyl (C=O) groups is 2. The summed E-state index contributed by atoms with van der Waals surface area (Å²) < 4.78 is 24.7. The van der Waals surface area contributed by atoms with E-state index in [4.69, 9.17) is 16.6 Å². The molecule has 0 radical (unpaired) electrons. The van der Waals surface area contributed by atoms with Gasteiger partial charge in [0.15, 0.2) is 0 Å². The normalized spacial score (nSPS) is 10.8. The lowest BCUT2D eigenvalue weighted by Crippen LogP contribution is -2.24. The molecule has 0 bridgehead atoms. The van der Waals surface area contributed by atoms with E-state index >= 15 is 0 Å². The summed E-state index contributed by atoms with van der Waals surface area (Å²) in [6, 6.07) is 14.0. The summed E-state index contributed by atoms with van der Waals surface area (Å²) in [7, 11) is -4.48. The van der Waals surface area contributed by atoms with Gasteiger partial charge in [0.25, 0.3) is 5.91 Å². The zero-order chi connectivity index (χ0) is 24.3. The average Bonchev–Trinajstić information content (AvgIpc) is 2.74. The van der Waals surface area contributed by atoms with Crippen molar-refractivity contribution in [3.05, 3.63) is 76.9 Å². The van der Waals surface area contributed by atoms with Crippen molar-refractivity contribution in [2.75, 3.05) is 5.73 Å². The monoisotopic (exact) mass is 465 g/mol. The molecule has 9 nitrogen and oxygen atoms in total. The third-order valence-electron chi connectivity index (χ3n) is 4.81. The minimum Gasteiger partial charge on any atom is -0.508 e. The van der Waals surface area contributed by atoms with Gasteiger partial charge >= 0.3 is 5.97 Å². The van der Waals surface area contributed by atoms with Gasteiger partial charge in [0.1, 0.15) is 10.6 Å². The first-order valence-corrected chi connectivity index (χ1v) is 10.9. The second-order valence-corrected chi connectivity index (χ2v) is 8.45. The minimum absolute atomic E-state index is 0.0449. The predicted octanol–water partition coefficient (Wildman–Crippen LogP) is 1.68. The molecule has 0 saturated carbocycles. The lowest BCUT2D eigenvalue weighted by atomic mass is 9.96. The number of primary amides is 1. The molecule has 0 saturated heterocycles. The fourth-order valence-corrected chi connectivity index (χ4v) is 4.27. The number of amides is 1. The standard InChI is InChI=1S/C23H19N3O6S/c24-20-17(13-6-2-1-3-7-13)12-14(21(33(26,31)32)19(20)22(25)28)8-4-9-15-16(23(29)30)10-5-11-18(15)27/h1-3,5-7,10-12,27H,9,24H2,(H2,25,28)(H,29,30)(H2,26,31,32). The van der Waals surface area contributed by atoms with Crippen LogP contribution in [-0.2, 0) is 16.4 Å². The maximum atomic E-state index is 12.3. The number of carboxylic acids is 1. The number of nitrogens with two attached hydrogens (primary N) is 3. The lowest BCUT2D eigenvalue weighted by molar-refractivity contribution is 0.0695. The number of carboxylic acid groups (broad SMARTS) is 1. The summed E-state index contributed by atoms with van der Waals surface area (Å²) in [4.78, 5) is 23.0. The Bertz CT molecular complexity index is 1440. The number of carbonyl (C=O) groups excluding carboxylic acids is 1. The molecule has 1 amide bonds. The van der Waals surface area contributed by atoms with E-state index in [9.17, 15) is 28.2 Å². The van der Waals surface area contributed by atoms with E-state index in [0.29, 0.717) is 11.1 Å². The molecule has 3 aromatic rings. The lowest BCUT2D eigenvalue weighted by Gasteiger charge is -2.15. The number of hydrogen-bond acceptors (Lipinski definition) is 6. The van der Waals surface area contributed by atoms with Gasteiger partial charge in [0.05, 0.1) is 16.8 Å². The number of primary sulfonamides is 1. The van der Waals surface area contributed by atoms with E-state index < -0.39 is 32.4 Å². The molecular formula is C23H19N3O6S. The number of phenols is 1. The van der Waals surface area contributed by atoms with Crippen LogP contribution in [-0.4, -0.2) is 30.5 Å². The number of anilines is 1. The van der Waals surface area contributed by atoms with Crippen LogP contribution in [0.4, 0.5) is 5.69 Å². The van der Waals surface area contributed by atoms with Crippen molar-refractivity contribution in [2.45, 2.75) is 11.3 Å². The zero-order valence-electron chi connectivity index (χ0n) is 17.1. The Morgan fingerprint density at radius 1 is 1.03 bits per heavy atom. The average molecular weight is 465 g/mol. The van der Waals surface area contributed by atoms with Crippen molar-refractivity contribution < 1.29 is 28.2 Å². The maximum Gasteiger partial charge on any atom is 0.336 e. The maximum absolute atomic E-state index is 12.3. The molecule has 168 valence electrons. The third kappa shape index (κ3) is 4.79. The number of rotatable bonds is 5. The van der Waals surface area contributed by atoms with Crippen LogP contribution in [0.1, 0.15) is 31.8 Å². The number of hydrogen-bond donors (Lipinski definition) is 5. The molecule has 0 aliphatic heterocycles. The van der Waals surface area contributed by atoms with E-state index in [0.717, 1.165) is 0 Å². The second-order valence-electron chi connectivity index (χ2n) is 6.95. The molecule has 3 rings (SSSR count). The molecule has 0 aliphatic rings. The number of aromatic carboxylic acids is 1. The summed E-state index contributed by atoms with van der Waals surface area (Å²) in [5.74, 6) is 2.61. The highest BCUT2D eigenvalue weighted by Gasteiger charge is 2.27. The van der Waals surface area contributed by atoms with Crippen molar-refractivity contribution >= 4 is 27.6 Å². The Morgan fingerprint density at radius 2 is 1.70 bits per heavy atom. The molecule has 0 spiro atoms. The number of sulfonamides is 1. The molecule has 0 unspecified atom stereocenters. The van der Waals surface area contributed by atoms with Crippen LogP contribution in [0.2, 0.25) is 0 Å². The summed E-state index contributed by atoms with van der Waals surface area (Å²) >= 11 is 0. The van der Waals surface area contributed by atoms with Gasteiger partial charge in [-0.05, 0) is 23.8 Å². The molecule has 0 fully saturated rings. The third-order valence-corrected chi connectivity index (χ3v) is 5.80. The van der Waals surface area contributed by atoms with Crippen LogP contribution in [0.3, 0.4) is 0 Å². The molecule has 10 heteroatoms. The highest BCUT2D eigenvalue weighted by Crippen LogP contribution is 2.35. The van der Waals surface area contributed by atoms with E-state index in [2.05, 4.69) is 11.8 Å². The van der Waals surface area contributed by atoms with Crippen LogP contribution in [0.15, 0.2) is 59.5 Å². The Balaban J connectivity index is 2.26. The van der Waals surface area contributed by atoms with Gasteiger partial charge in [-0.25, -0.2) is 18.4 Å². The van der Waals surface area contributed by atoms with Crippen LogP contribution < -0.4 is 16.6 Å². The fraction of sp³-hybridized carbons (Fsp3) is 0.0435. The smallest absolute Gasteiger partial charge is 0.336 e. The first-order chi connectivity index (χ1) is 15.5. The first-order valence-electron chi connectivity index (χ1n) is 9.40. The summed E-state index contributed by atoms with van der Waals surface area (Å²) in [5, 5.41) is 24.7. The first kappa shape index (κ1) is 23.3. The SMILES string of the molecule is NC(=O)c1c(N)c(-c2ccccc2)cc(C#CCc2c(O)cccc2C(=O)O)c1S(N)(=O)=O. The minimum atomic E-state index is -4.48. The number of nitrogen functional groups attached to an aromatic ring is 1. The van der Waals surface area contributed by atoms with E-state index in [1.807, 2.05) is 0 Å². The Hall–Kier alpha value is -4.33. The van der Waals surface area contributed by atoms with Crippen molar-refractivity contribution in [3.63, 3.8) is 0 Å². The highest BCUT2D eigenvalue weighted by atomic mass is 32.2. The second kappa shape index (κ2) is 9.04. The van der Waals surface area contributed by atoms with Crippen molar-refractivity contribution in [1.82, 2.24) is 0 Å². The van der Waals surface area contributed by atoms with Crippen molar-refractivity contribution in [1.29, 1.82) is 0 Å². The Kier molecular flexibility index (Phi) is 6.39. The Morgan fingerprint density at radius 3 is 2.27 bits per heavy atom. The van der Waals surface area contributed by atoms with Gasteiger partial charge in [-0.15, -0.1) is 0 Å². The van der Waals surface area contributed by atoms with Gasteiger partial charge in [-0.3, -0.25) is 4.79 Å². The van der Waals surface area contributed by atoms with Crippen LogP contribution in [0.5, 0.6) is 5.75 Å². The quantitative estimate of drug-likeness (QED) is 0.280. The summed E-state index contributed by atoms with van der Waals surface area (Å²) in [6.07, 6.45) is -0.227. The molecule has 8 N–H and O–H groups in total. The molecule has 0 aromatic heterocycles. The van der Waals surface area contributed by atoms with Crippen molar-refractivity contribution in [2.24, 2.45) is 10.9 Å². The van der Waals surface area contributed by atoms with Crippen LogP contribution in [0.25, 0.3) is 11.1 Å². The largest absolute Gasteiger partial charge is 0.508 e. The molecular weight excluding hydrogens is 446 g/mol. The topological polar surface area (TPSA) is 187 Å². The fourth-order valence-electron chi connectivity index (χ4n) is 3.36. The van der Waals surface area contributed by atoms with Gasteiger partial charge in [0.2, 0.25) is 10.0 Å². The van der Waals surface area contributed by atoms with E-state index in [-0.39, 0.29) is 34.5 Å². The summed E-state index contributed by atoms with van der Waals surface area (Å²) in [5.41, 5.74) is 11.5. The molecule has 0 aliphatic carbocycles. The van der Waals surface area contributed by atoms with E-state index in [1.54, 1.807) is 30.3 Å². The number of aromatic hydroxyl groups is 1. The van der Waals surface area contributed by atoms with Gasteiger partial charge in [0, 0.05) is 23.1 Å². The number of benzene rings is 3. The predicted molar refractivity (Wildman–Crippen MR) is 122 cm³/mol. The van der Waals surface area contributed by atoms with Crippen LogP contribution in [0, 0.1) is 11.8 Å². The van der Waals surface area contributed by atoms with Gasteiger partial charge in [-0.2, -0.15) is 0 Å². The van der Waals surface area contributed by atoms with Gasteiger partial charge < -0.3 is 21.7 Å². The zero-order valence-corrected chi connectivity index (χ0v) is 17.9. The van der Waals surface area contributed by atoms with Crippen LogP contribution >= 0.6 is 0 Å². The van der Waals surface area contributed by atoms with E-state index in [1.165, 1.54) is 24.3 Å². The molecule has 33 heavy (non-hydrogen) atoms. The Labute approximate surface area is 189 Å². The van der Waals surface area contributed by atoms with Gasteiger partial charge in [-0.1, -0.05) is 48.2 Å².